The van der Waals surface area contributed by atoms with E-state index in [0.29, 0.717) is 12.5 Å². The summed E-state index contributed by atoms with van der Waals surface area (Å²) >= 11 is 0. The lowest BCUT2D eigenvalue weighted by molar-refractivity contribution is 0.0732. The number of hydrogen-bond donors (Lipinski definition) is 1. The molecule has 0 unspecified atom stereocenters. The molecule has 0 saturated heterocycles. The zero-order chi connectivity index (χ0) is 15.5. The summed E-state index contributed by atoms with van der Waals surface area (Å²) in [5.41, 5.74) is 3.30. The van der Waals surface area contributed by atoms with Crippen molar-refractivity contribution in [2.75, 3.05) is 11.9 Å². The Morgan fingerprint density at radius 3 is 2.68 bits per heavy atom. The van der Waals surface area contributed by atoms with Crippen molar-refractivity contribution in [2.24, 2.45) is 0 Å². The highest BCUT2D eigenvalue weighted by Crippen LogP contribution is 2.36. The zero-order valence-corrected chi connectivity index (χ0v) is 13.1. The first-order valence-electron chi connectivity index (χ1n) is 7.80. The highest BCUT2D eigenvalue weighted by atomic mass is 16.3. The summed E-state index contributed by atoms with van der Waals surface area (Å²) in [4.78, 5) is 15.3. The minimum absolute atomic E-state index is 0.164. The Hall–Kier alpha value is -2.01. The smallest absolute Gasteiger partial charge is 0.132 e. The van der Waals surface area contributed by atoms with Gasteiger partial charge in [0.15, 0.2) is 0 Å². The second kappa shape index (κ2) is 6.40. The van der Waals surface area contributed by atoms with Gasteiger partial charge in [0.05, 0.1) is 18.3 Å². The number of aromatic nitrogens is 3. The van der Waals surface area contributed by atoms with Gasteiger partial charge in [0.25, 0.3) is 0 Å². The van der Waals surface area contributed by atoms with E-state index >= 15 is 0 Å². The summed E-state index contributed by atoms with van der Waals surface area (Å²) in [6, 6.07) is 6.22. The van der Waals surface area contributed by atoms with Crippen molar-refractivity contribution in [2.45, 2.75) is 44.8 Å². The van der Waals surface area contributed by atoms with Crippen LogP contribution in [0.1, 0.15) is 42.6 Å². The van der Waals surface area contributed by atoms with Gasteiger partial charge in [0.1, 0.15) is 12.1 Å². The van der Waals surface area contributed by atoms with Gasteiger partial charge in [0, 0.05) is 30.9 Å². The molecule has 5 nitrogen and oxygen atoms in total. The molecule has 22 heavy (non-hydrogen) atoms. The molecule has 0 aromatic carbocycles. The number of aliphatic hydroxyl groups is 1. The maximum Gasteiger partial charge on any atom is 0.132 e. The Labute approximate surface area is 131 Å². The summed E-state index contributed by atoms with van der Waals surface area (Å²) < 4.78 is 0. The predicted octanol–water partition coefficient (Wildman–Crippen LogP) is 2.31. The van der Waals surface area contributed by atoms with Crippen LogP contribution in [0.3, 0.4) is 0 Å². The van der Waals surface area contributed by atoms with Gasteiger partial charge in [-0.1, -0.05) is 13.0 Å². The van der Waals surface area contributed by atoms with Crippen LogP contribution in [0.5, 0.6) is 0 Å². The van der Waals surface area contributed by atoms with Crippen molar-refractivity contribution in [3.63, 3.8) is 0 Å². The first-order chi connectivity index (χ1) is 10.7. The largest absolute Gasteiger partial charge is 0.393 e. The van der Waals surface area contributed by atoms with E-state index in [0.717, 1.165) is 36.5 Å². The fraction of sp³-hybridized carbons (Fsp3) is 0.471. The predicted molar refractivity (Wildman–Crippen MR) is 85.7 cm³/mol. The molecule has 2 aromatic heterocycles. The third kappa shape index (κ3) is 3.25. The van der Waals surface area contributed by atoms with Crippen molar-refractivity contribution in [1.82, 2.24) is 15.0 Å². The molecule has 0 atom stereocenters. The van der Waals surface area contributed by atoms with Gasteiger partial charge in [-0.2, -0.15) is 0 Å². The van der Waals surface area contributed by atoms with Crippen LogP contribution in [0, 0.1) is 0 Å². The molecular weight excluding hydrogens is 276 g/mol. The monoisotopic (exact) mass is 298 g/mol. The fourth-order valence-corrected chi connectivity index (χ4v) is 2.70. The molecule has 0 spiro atoms. The molecule has 116 valence electrons. The van der Waals surface area contributed by atoms with Crippen LogP contribution in [0.2, 0.25) is 0 Å². The van der Waals surface area contributed by atoms with E-state index in [9.17, 15) is 5.11 Å². The Morgan fingerprint density at radius 1 is 1.23 bits per heavy atom. The molecule has 1 saturated carbocycles. The fourth-order valence-electron chi connectivity index (χ4n) is 2.70. The van der Waals surface area contributed by atoms with E-state index in [-0.39, 0.29) is 6.10 Å². The second-order valence-corrected chi connectivity index (χ2v) is 5.99. The maximum absolute atomic E-state index is 9.43. The van der Waals surface area contributed by atoms with E-state index in [1.165, 1.54) is 5.56 Å². The number of aryl methyl sites for hydroxylation is 1. The second-order valence-electron chi connectivity index (χ2n) is 5.99. The zero-order valence-electron chi connectivity index (χ0n) is 13.1. The normalized spacial score (nSPS) is 20.5. The summed E-state index contributed by atoms with van der Waals surface area (Å²) in [6.07, 6.45) is 6.00. The molecule has 1 fully saturated rings. The lowest BCUT2D eigenvalue weighted by atomic mass is 9.80. The summed E-state index contributed by atoms with van der Waals surface area (Å²) in [5.74, 6) is 1.26. The molecule has 3 rings (SSSR count). The van der Waals surface area contributed by atoms with Crippen LogP contribution in [0.4, 0.5) is 5.82 Å². The maximum atomic E-state index is 9.43. The molecule has 0 radical (unpaired) electrons. The van der Waals surface area contributed by atoms with Gasteiger partial charge in [-0.05, 0) is 30.9 Å². The Balaban J connectivity index is 1.68. The Morgan fingerprint density at radius 2 is 2.05 bits per heavy atom. The molecule has 0 amide bonds. The van der Waals surface area contributed by atoms with E-state index < -0.39 is 0 Å². The number of aliphatic hydroxyl groups excluding tert-OH is 1. The van der Waals surface area contributed by atoms with Gasteiger partial charge in [-0.25, -0.2) is 9.97 Å². The Bertz CT molecular complexity index is 623. The summed E-state index contributed by atoms with van der Waals surface area (Å²) in [6.45, 7) is 2.84. The summed E-state index contributed by atoms with van der Waals surface area (Å²) in [7, 11) is 2.01. The third-order valence-corrected chi connectivity index (χ3v) is 4.29. The van der Waals surface area contributed by atoms with E-state index in [4.69, 9.17) is 0 Å². The van der Waals surface area contributed by atoms with Gasteiger partial charge in [0.2, 0.25) is 0 Å². The van der Waals surface area contributed by atoms with Crippen LogP contribution in [0.25, 0.3) is 0 Å². The lowest BCUT2D eigenvalue weighted by Crippen LogP contribution is -2.27. The Kier molecular flexibility index (Phi) is 4.34. The van der Waals surface area contributed by atoms with Crippen LogP contribution in [0.15, 0.2) is 30.7 Å². The topological polar surface area (TPSA) is 62.1 Å². The van der Waals surface area contributed by atoms with Crippen LogP contribution in [-0.2, 0) is 13.0 Å². The minimum Gasteiger partial charge on any atom is -0.393 e. The highest BCUT2D eigenvalue weighted by molar-refractivity contribution is 5.39. The number of anilines is 1. The average Bonchev–Trinajstić information content (AvgIpc) is 2.52. The molecule has 0 bridgehead atoms. The van der Waals surface area contributed by atoms with Gasteiger partial charge < -0.3 is 10.0 Å². The molecule has 1 aliphatic carbocycles. The molecule has 2 heterocycles. The third-order valence-electron chi connectivity index (χ3n) is 4.29. The molecule has 1 aliphatic rings. The van der Waals surface area contributed by atoms with E-state index in [1.54, 1.807) is 6.33 Å². The van der Waals surface area contributed by atoms with Crippen LogP contribution >= 0.6 is 0 Å². The first kappa shape index (κ1) is 14.9. The first-order valence-corrected chi connectivity index (χ1v) is 7.80. The quantitative estimate of drug-likeness (QED) is 0.918. The van der Waals surface area contributed by atoms with Crippen molar-refractivity contribution >= 4 is 5.82 Å². The molecule has 0 aliphatic heterocycles. The van der Waals surface area contributed by atoms with Crippen molar-refractivity contribution in [1.29, 1.82) is 0 Å². The highest BCUT2D eigenvalue weighted by Gasteiger charge is 2.29. The van der Waals surface area contributed by atoms with Crippen LogP contribution < -0.4 is 4.90 Å². The van der Waals surface area contributed by atoms with Gasteiger partial charge >= 0.3 is 0 Å². The molecule has 1 N–H and O–H groups in total. The lowest BCUT2D eigenvalue weighted by Gasteiger charge is -2.31. The number of rotatable bonds is 5. The molecule has 2 aromatic rings. The molecular formula is C17H22N4O. The van der Waals surface area contributed by atoms with E-state index in [2.05, 4.69) is 38.9 Å². The number of nitrogens with zero attached hydrogens (tertiary/aromatic N) is 4. The van der Waals surface area contributed by atoms with Crippen molar-refractivity contribution in [3.8, 4) is 0 Å². The van der Waals surface area contributed by atoms with Crippen LogP contribution in [-0.4, -0.2) is 33.2 Å². The number of hydrogen-bond acceptors (Lipinski definition) is 5. The number of pyridine rings is 1. The van der Waals surface area contributed by atoms with Gasteiger partial charge in [-0.15, -0.1) is 0 Å². The average molecular weight is 298 g/mol. The van der Waals surface area contributed by atoms with Gasteiger partial charge in [-0.3, -0.25) is 4.98 Å². The van der Waals surface area contributed by atoms with Crippen molar-refractivity contribution < 1.29 is 5.11 Å². The minimum atomic E-state index is -0.164. The SMILES string of the molecule is CCc1ccc(CN(C)c2cc(C3CC(O)C3)ncn2)nc1. The van der Waals surface area contributed by atoms with E-state index in [1.807, 2.05) is 19.3 Å². The standard InChI is InChI=1S/C17H22N4O/c1-3-12-4-5-14(18-9-12)10-21(2)17-8-16(19-11-20-17)13-6-15(22)7-13/h4-5,8-9,11,13,15,22H,3,6-7,10H2,1-2H3. The summed E-state index contributed by atoms with van der Waals surface area (Å²) in [5, 5.41) is 9.43. The molecule has 5 heteroatoms. The van der Waals surface area contributed by atoms with Crippen molar-refractivity contribution in [3.05, 3.63) is 47.7 Å².